The fraction of sp³-hybridized carbons (Fsp3) is 0.417. The smallest absolute Gasteiger partial charge is 0.253 e. The molecular formula is C12H14Br2ClNO. The molecule has 1 amide bonds. The van der Waals surface area contributed by atoms with E-state index in [2.05, 4.69) is 37.2 Å². The number of carbonyl (C=O) groups is 1. The fourth-order valence-electron chi connectivity index (χ4n) is 1.25. The van der Waals surface area contributed by atoms with Crippen LogP contribution in [0.3, 0.4) is 0 Å². The molecule has 0 atom stereocenters. The summed E-state index contributed by atoms with van der Waals surface area (Å²) in [6.07, 6.45) is 0. The van der Waals surface area contributed by atoms with E-state index in [1.807, 2.05) is 19.9 Å². The summed E-state index contributed by atoms with van der Waals surface area (Å²) in [5.74, 6) is -0.156. The topological polar surface area (TPSA) is 29.1 Å². The van der Waals surface area contributed by atoms with Crippen LogP contribution in [-0.4, -0.2) is 22.1 Å². The first kappa shape index (κ1) is 15.0. The minimum Gasteiger partial charge on any atom is -0.345 e. The van der Waals surface area contributed by atoms with Crippen molar-refractivity contribution in [1.29, 1.82) is 0 Å². The van der Waals surface area contributed by atoms with Crippen LogP contribution in [0.4, 0.5) is 0 Å². The van der Waals surface area contributed by atoms with Crippen LogP contribution in [-0.2, 0) is 0 Å². The van der Waals surface area contributed by atoms with E-state index >= 15 is 0 Å². The molecule has 0 saturated heterocycles. The molecular weight excluding hydrogens is 369 g/mol. The van der Waals surface area contributed by atoms with Crippen molar-refractivity contribution >= 4 is 49.4 Å². The third-order valence-corrected chi connectivity index (χ3v) is 5.16. The highest BCUT2D eigenvalue weighted by Gasteiger charge is 2.25. The Morgan fingerprint density at radius 3 is 2.47 bits per heavy atom. The van der Waals surface area contributed by atoms with Gasteiger partial charge in [0.05, 0.1) is 16.1 Å². The third-order valence-electron chi connectivity index (χ3n) is 2.37. The molecule has 0 aliphatic rings. The zero-order chi connectivity index (χ0) is 13.1. The van der Waals surface area contributed by atoms with E-state index in [-0.39, 0.29) is 11.4 Å². The largest absolute Gasteiger partial charge is 0.345 e. The lowest BCUT2D eigenvalue weighted by Gasteiger charge is -2.26. The molecule has 0 spiro atoms. The van der Waals surface area contributed by atoms with E-state index in [1.165, 1.54) is 0 Å². The van der Waals surface area contributed by atoms with E-state index in [0.717, 1.165) is 5.56 Å². The lowest BCUT2D eigenvalue weighted by Crippen LogP contribution is -2.49. The van der Waals surface area contributed by atoms with Crippen LogP contribution >= 0.6 is 43.5 Å². The number of aryl methyl sites for hydroxylation is 1. The maximum atomic E-state index is 12.1. The van der Waals surface area contributed by atoms with Gasteiger partial charge in [-0.25, -0.2) is 0 Å². The highest BCUT2D eigenvalue weighted by molar-refractivity contribution is 9.09. The molecule has 0 fully saturated rings. The molecule has 1 aromatic carbocycles. The van der Waals surface area contributed by atoms with Gasteiger partial charge < -0.3 is 5.32 Å². The molecule has 5 heteroatoms. The predicted molar refractivity (Wildman–Crippen MR) is 79.6 cm³/mol. The van der Waals surface area contributed by atoms with Gasteiger partial charge in [-0.2, -0.15) is 0 Å². The Morgan fingerprint density at radius 1 is 1.41 bits per heavy atom. The van der Waals surface area contributed by atoms with Gasteiger partial charge in [-0.15, -0.1) is 0 Å². The minimum atomic E-state index is -0.328. The number of hydrogen-bond donors (Lipinski definition) is 1. The fourth-order valence-corrected chi connectivity index (χ4v) is 2.78. The van der Waals surface area contributed by atoms with Crippen molar-refractivity contribution in [2.75, 3.05) is 10.7 Å². The number of halogens is 3. The second-order valence-corrected chi connectivity index (χ2v) is 5.79. The van der Waals surface area contributed by atoms with Crippen molar-refractivity contribution in [3.05, 3.63) is 34.3 Å². The van der Waals surface area contributed by atoms with Gasteiger partial charge in [0.1, 0.15) is 0 Å². The van der Waals surface area contributed by atoms with E-state index in [1.54, 1.807) is 12.1 Å². The highest BCUT2D eigenvalue weighted by Crippen LogP contribution is 2.19. The molecule has 1 rings (SSSR count). The summed E-state index contributed by atoms with van der Waals surface area (Å²) in [4.78, 5) is 12.1. The van der Waals surface area contributed by atoms with Crippen molar-refractivity contribution in [3.63, 3.8) is 0 Å². The second-order valence-electron chi connectivity index (χ2n) is 4.27. The third kappa shape index (κ3) is 3.97. The van der Waals surface area contributed by atoms with Crippen molar-refractivity contribution in [2.24, 2.45) is 0 Å². The van der Waals surface area contributed by atoms with Crippen molar-refractivity contribution in [3.8, 4) is 0 Å². The number of carbonyl (C=O) groups excluding carboxylic acids is 1. The maximum absolute atomic E-state index is 12.1. The SMILES string of the molecule is Cc1ccc(C(=O)NC(C)(CBr)CBr)c(Cl)c1. The van der Waals surface area contributed by atoms with Gasteiger partial charge in [0.25, 0.3) is 5.91 Å². The molecule has 0 aliphatic carbocycles. The zero-order valence-corrected chi connectivity index (χ0v) is 13.6. The number of amides is 1. The van der Waals surface area contributed by atoms with Gasteiger partial charge in [-0.05, 0) is 31.5 Å². The van der Waals surface area contributed by atoms with Crippen LogP contribution in [0.15, 0.2) is 18.2 Å². The van der Waals surface area contributed by atoms with Crippen molar-refractivity contribution in [1.82, 2.24) is 5.32 Å². The lowest BCUT2D eigenvalue weighted by molar-refractivity contribution is 0.0923. The molecule has 0 aromatic heterocycles. The normalized spacial score (nSPS) is 11.4. The Kier molecular flexibility index (Phi) is 5.48. The molecule has 0 saturated carbocycles. The molecule has 0 bridgehead atoms. The maximum Gasteiger partial charge on any atom is 0.253 e. The first-order valence-corrected chi connectivity index (χ1v) is 7.74. The minimum absolute atomic E-state index is 0.156. The summed E-state index contributed by atoms with van der Waals surface area (Å²) in [7, 11) is 0. The van der Waals surface area contributed by atoms with Gasteiger partial charge >= 0.3 is 0 Å². The molecule has 2 nitrogen and oxygen atoms in total. The molecule has 0 unspecified atom stereocenters. The molecule has 0 radical (unpaired) electrons. The average molecular weight is 384 g/mol. The summed E-state index contributed by atoms with van der Waals surface area (Å²) < 4.78 is 0. The number of alkyl halides is 2. The van der Waals surface area contributed by atoms with Crippen LogP contribution < -0.4 is 5.32 Å². The zero-order valence-electron chi connectivity index (χ0n) is 9.69. The Morgan fingerprint density at radius 2 is 2.00 bits per heavy atom. The Balaban J connectivity index is 2.90. The molecule has 0 aliphatic heterocycles. The van der Waals surface area contributed by atoms with Crippen molar-refractivity contribution < 1.29 is 4.79 Å². The molecule has 94 valence electrons. The number of hydrogen-bond acceptors (Lipinski definition) is 1. The molecule has 17 heavy (non-hydrogen) atoms. The molecule has 1 N–H and O–H groups in total. The van der Waals surface area contributed by atoms with Gasteiger partial charge in [-0.1, -0.05) is 49.5 Å². The lowest BCUT2D eigenvalue weighted by atomic mass is 10.1. The van der Waals surface area contributed by atoms with Crippen LogP contribution in [0.1, 0.15) is 22.8 Å². The van der Waals surface area contributed by atoms with E-state index in [0.29, 0.717) is 21.2 Å². The van der Waals surface area contributed by atoms with E-state index < -0.39 is 0 Å². The van der Waals surface area contributed by atoms with Crippen LogP contribution in [0.2, 0.25) is 5.02 Å². The van der Waals surface area contributed by atoms with Gasteiger partial charge in [0, 0.05) is 10.7 Å². The summed E-state index contributed by atoms with van der Waals surface area (Å²) in [6, 6.07) is 5.41. The van der Waals surface area contributed by atoms with Gasteiger partial charge in [0.15, 0.2) is 0 Å². The van der Waals surface area contributed by atoms with E-state index in [4.69, 9.17) is 11.6 Å². The number of benzene rings is 1. The van der Waals surface area contributed by atoms with Crippen LogP contribution in [0, 0.1) is 6.92 Å². The van der Waals surface area contributed by atoms with Gasteiger partial charge in [-0.3, -0.25) is 4.79 Å². The monoisotopic (exact) mass is 381 g/mol. The van der Waals surface area contributed by atoms with Gasteiger partial charge in [0.2, 0.25) is 0 Å². The average Bonchev–Trinajstić information content (AvgIpc) is 2.28. The first-order chi connectivity index (χ1) is 7.91. The summed E-state index contributed by atoms with van der Waals surface area (Å²) in [5.41, 5.74) is 1.21. The van der Waals surface area contributed by atoms with Crippen LogP contribution in [0.25, 0.3) is 0 Å². The predicted octanol–water partition coefficient (Wildman–Crippen LogP) is 3.93. The molecule has 1 aromatic rings. The summed E-state index contributed by atoms with van der Waals surface area (Å²) in [6.45, 7) is 3.89. The Labute approximate surface area is 123 Å². The molecule has 0 heterocycles. The van der Waals surface area contributed by atoms with E-state index in [9.17, 15) is 4.79 Å². The summed E-state index contributed by atoms with van der Waals surface area (Å²) >= 11 is 12.8. The second kappa shape index (κ2) is 6.21. The number of rotatable bonds is 4. The highest BCUT2D eigenvalue weighted by atomic mass is 79.9. The standard InChI is InChI=1S/C12H14Br2ClNO/c1-8-3-4-9(10(15)5-8)11(17)16-12(2,6-13)7-14/h3-5H,6-7H2,1-2H3,(H,16,17). The summed E-state index contributed by atoms with van der Waals surface area (Å²) in [5, 5.41) is 4.77. The Bertz CT molecular complexity index is 419. The quantitative estimate of drug-likeness (QED) is 0.785. The Hall–Kier alpha value is -0.0600. The number of nitrogens with one attached hydrogen (secondary N) is 1. The van der Waals surface area contributed by atoms with Crippen LogP contribution in [0.5, 0.6) is 0 Å². The first-order valence-electron chi connectivity index (χ1n) is 5.12. The van der Waals surface area contributed by atoms with Crippen molar-refractivity contribution in [2.45, 2.75) is 19.4 Å².